The number of anilines is 1. The number of hydrogen-bond acceptors (Lipinski definition) is 5. The zero-order valence-electron chi connectivity index (χ0n) is 8.97. The van der Waals surface area contributed by atoms with Gasteiger partial charge in [0.1, 0.15) is 0 Å². The highest BCUT2D eigenvalue weighted by Crippen LogP contribution is 2.21. The topological polar surface area (TPSA) is 114 Å². The quantitative estimate of drug-likeness (QED) is 0.734. The number of ether oxygens (including phenoxy) is 1. The fourth-order valence-electron chi connectivity index (χ4n) is 1.24. The fourth-order valence-corrected chi connectivity index (χ4v) is 1.24. The van der Waals surface area contributed by atoms with Gasteiger partial charge in [-0.25, -0.2) is 9.78 Å². The molecule has 0 amide bonds. The monoisotopic (exact) mass is 234 g/mol. The van der Waals surface area contributed by atoms with Crippen molar-refractivity contribution in [3.05, 3.63) is 29.6 Å². The van der Waals surface area contributed by atoms with Crippen molar-refractivity contribution in [1.29, 1.82) is 0 Å². The van der Waals surface area contributed by atoms with Gasteiger partial charge in [0.25, 0.3) is 0 Å². The number of carbonyl (C=O) groups is 1. The summed E-state index contributed by atoms with van der Waals surface area (Å²) in [6.07, 6.45) is 1.23. The Kier molecular flexibility index (Phi) is 2.65. The highest BCUT2D eigenvalue weighted by Gasteiger charge is 2.11. The summed E-state index contributed by atoms with van der Waals surface area (Å²) in [7, 11) is 0. The number of nitrogens with two attached hydrogens (primary N) is 1. The Labute approximate surface area is 96.2 Å². The van der Waals surface area contributed by atoms with Crippen LogP contribution in [-0.4, -0.2) is 26.3 Å². The molecule has 0 radical (unpaired) electrons. The lowest BCUT2D eigenvalue weighted by Gasteiger charge is -2.03. The van der Waals surface area contributed by atoms with Crippen molar-refractivity contribution >= 4 is 11.7 Å². The number of pyridine rings is 1. The molecule has 0 fully saturated rings. The van der Waals surface area contributed by atoms with E-state index < -0.39 is 5.97 Å². The van der Waals surface area contributed by atoms with E-state index in [-0.39, 0.29) is 17.1 Å². The second-order valence-electron chi connectivity index (χ2n) is 3.41. The molecule has 2 rings (SSSR count). The molecule has 0 aliphatic carbocycles. The van der Waals surface area contributed by atoms with Crippen LogP contribution in [0.15, 0.2) is 18.3 Å². The van der Waals surface area contributed by atoms with Crippen LogP contribution in [0.25, 0.3) is 0 Å². The van der Waals surface area contributed by atoms with Gasteiger partial charge in [-0.2, -0.15) is 0 Å². The first-order valence-electron chi connectivity index (χ1n) is 4.75. The van der Waals surface area contributed by atoms with Crippen molar-refractivity contribution in [2.45, 2.75) is 6.92 Å². The van der Waals surface area contributed by atoms with Gasteiger partial charge < -0.3 is 15.6 Å². The van der Waals surface area contributed by atoms with Crippen molar-refractivity contribution < 1.29 is 14.6 Å². The highest BCUT2D eigenvalue weighted by molar-refractivity contribution is 5.93. The summed E-state index contributed by atoms with van der Waals surface area (Å²) in [6.45, 7) is 1.82. The molecule has 2 aromatic heterocycles. The van der Waals surface area contributed by atoms with Gasteiger partial charge in [-0.05, 0) is 6.92 Å². The maximum absolute atomic E-state index is 10.8. The van der Waals surface area contributed by atoms with E-state index in [1.54, 1.807) is 6.07 Å². The molecule has 0 atom stereocenters. The molecule has 0 aliphatic rings. The number of nitrogen functional groups attached to an aromatic ring is 1. The molecule has 2 heterocycles. The number of rotatable bonds is 3. The van der Waals surface area contributed by atoms with E-state index in [4.69, 9.17) is 15.6 Å². The van der Waals surface area contributed by atoms with Crippen molar-refractivity contribution in [2.75, 3.05) is 5.73 Å². The van der Waals surface area contributed by atoms with E-state index in [9.17, 15) is 4.79 Å². The van der Waals surface area contributed by atoms with E-state index in [0.717, 1.165) is 5.69 Å². The third-order valence-corrected chi connectivity index (χ3v) is 2.03. The van der Waals surface area contributed by atoms with Crippen LogP contribution in [0.2, 0.25) is 0 Å². The zero-order chi connectivity index (χ0) is 12.4. The average Bonchev–Trinajstić information content (AvgIpc) is 2.66. The summed E-state index contributed by atoms with van der Waals surface area (Å²) in [4.78, 5) is 14.7. The second kappa shape index (κ2) is 4.12. The predicted molar refractivity (Wildman–Crippen MR) is 59.0 cm³/mol. The lowest BCUT2D eigenvalue weighted by Crippen LogP contribution is -2.03. The first-order valence-corrected chi connectivity index (χ1v) is 4.75. The summed E-state index contributed by atoms with van der Waals surface area (Å²) < 4.78 is 5.27. The van der Waals surface area contributed by atoms with Crippen LogP contribution >= 0.6 is 0 Å². The van der Waals surface area contributed by atoms with E-state index in [2.05, 4.69) is 15.2 Å². The molecule has 2 aromatic rings. The van der Waals surface area contributed by atoms with Gasteiger partial charge >= 0.3 is 5.97 Å². The Hall–Kier alpha value is -2.57. The molecular formula is C10H10N4O3. The fraction of sp³-hybridized carbons (Fsp3) is 0.100. The molecule has 0 saturated heterocycles. The van der Waals surface area contributed by atoms with Gasteiger partial charge in [-0.1, -0.05) is 0 Å². The number of H-pyrrole nitrogens is 1. The first-order chi connectivity index (χ1) is 8.06. The minimum absolute atomic E-state index is 0.0535. The van der Waals surface area contributed by atoms with E-state index >= 15 is 0 Å². The first kappa shape index (κ1) is 10.9. The maximum atomic E-state index is 10.8. The van der Waals surface area contributed by atoms with Gasteiger partial charge in [0, 0.05) is 17.8 Å². The summed E-state index contributed by atoms with van der Waals surface area (Å²) >= 11 is 0. The molecule has 0 aliphatic heterocycles. The minimum atomic E-state index is -1.13. The molecule has 0 unspecified atom stereocenters. The van der Waals surface area contributed by atoms with Crippen molar-refractivity contribution in [3.63, 3.8) is 0 Å². The van der Waals surface area contributed by atoms with Crippen molar-refractivity contribution in [2.24, 2.45) is 0 Å². The smallest absolute Gasteiger partial charge is 0.338 e. The number of nitrogens with zero attached hydrogens (tertiary/aromatic N) is 2. The summed E-state index contributed by atoms with van der Waals surface area (Å²) in [6, 6.07) is 2.92. The lowest BCUT2D eigenvalue weighted by atomic mass is 10.2. The molecule has 17 heavy (non-hydrogen) atoms. The van der Waals surface area contributed by atoms with Gasteiger partial charge in [-0.15, -0.1) is 5.10 Å². The van der Waals surface area contributed by atoms with Crippen LogP contribution in [0, 0.1) is 6.92 Å². The zero-order valence-corrected chi connectivity index (χ0v) is 8.97. The van der Waals surface area contributed by atoms with Gasteiger partial charge in [0.05, 0.1) is 17.4 Å². The van der Waals surface area contributed by atoms with Crippen LogP contribution in [-0.2, 0) is 0 Å². The molecule has 7 heteroatoms. The Balaban J connectivity index is 2.28. The Bertz CT molecular complexity index is 564. The predicted octanol–water partition coefficient (Wildman–Crippen LogP) is 1.19. The van der Waals surface area contributed by atoms with Crippen molar-refractivity contribution in [1.82, 2.24) is 15.2 Å². The number of aromatic nitrogens is 3. The number of aromatic amines is 1. The largest absolute Gasteiger partial charge is 0.478 e. The number of aromatic carboxylic acids is 1. The number of carboxylic acid groups (broad SMARTS) is 1. The number of nitrogens with one attached hydrogen (secondary N) is 1. The standard InChI is InChI=1S/C10H10N4O3/c1-5-2-9(14-13-5)17-8-3-6(10(15)16)7(11)4-12-8/h2-4H,11H2,1H3,(H,13,14)(H,15,16). The molecule has 0 aromatic carbocycles. The highest BCUT2D eigenvalue weighted by atomic mass is 16.5. The van der Waals surface area contributed by atoms with E-state index in [0.29, 0.717) is 5.88 Å². The Morgan fingerprint density at radius 2 is 2.24 bits per heavy atom. The third-order valence-electron chi connectivity index (χ3n) is 2.03. The maximum Gasteiger partial charge on any atom is 0.338 e. The molecule has 7 nitrogen and oxygen atoms in total. The molecule has 4 N–H and O–H groups in total. The van der Waals surface area contributed by atoms with Crippen LogP contribution in [0.5, 0.6) is 11.8 Å². The normalized spacial score (nSPS) is 10.2. The van der Waals surface area contributed by atoms with Crippen LogP contribution in [0.3, 0.4) is 0 Å². The summed E-state index contributed by atoms with van der Waals surface area (Å²) in [5.74, 6) is -0.688. The SMILES string of the molecule is Cc1cc(Oc2cc(C(=O)O)c(N)cn2)n[nH]1. The molecular weight excluding hydrogens is 224 g/mol. The molecule has 0 spiro atoms. The molecule has 88 valence electrons. The second-order valence-corrected chi connectivity index (χ2v) is 3.41. The van der Waals surface area contributed by atoms with Gasteiger partial charge in [0.15, 0.2) is 0 Å². The third kappa shape index (κ3) is 2.33. The van der Waals surface area contributed by atoms with Crippen LogP contribution in [0.1, 0.15) is 16.1 Å². The van der Waals surface area contributed by atoms with E-state index in [1.807, 2.05) is 6.92 Å². The Morgan fingerprint density at radius 3 is 2.82 bits per heavy atom. The van der Waals surface area contributed by atoms with Crippen LogP contribution in [0.4, 0.5) is 5.69 Å². The lowest BCUT2D eigenvalue weighted by molar-refractivity contribution is 0.0697. The van der Waals surface area contributed by atoms with Crippen LogP contribution < -0.4 is 10.5 Å². The number of hydrogen-bond donors (Lipinski definition) is 3. The summed E-state index contributed by atoms with van der Waals surface area (Å²) in [5, 5.41) is 15.4. The average molecular weight is 234 g/mol. The number of aryl methyl sites for hydroxylation is 1. The van der Waals surface area contributed by atoms with E-state index in [1.165, 1.54) is 12.3 Å². The summed E-state index contributed by atoms with van der Waals surface area (Å²) in [5.41, 5.74) is 6.33. The van der Waals surface area contributed by atoms with Gasteiger partial charge in [0.2, 0.25) is 11.8 Å². The van der Waals surface area contributed by atoms with Crippen molar-refractivity contribution in [3.8, 4) is 11.8 Å². The molecule has 0 saturated carbocycles. The molecule has 0 bridgehead atoms. The van der Waals surface area contributed by atoms with Gasteiger partial charge in [-0.3, -0.25) is 5.10 Å². The Morgan fingerprint density at radius 1 is 1.47 bits per heavy atom. The minimum Gasteiger partial charge on any atom is -0.478 e. The number of carboxylic acids is 1.